The predicted octanol–water partition coefficient (Wildman–Crippen LogP) is 3.54. The third-order valence-electron chi connectivity index (χ3n) is 2.15. The summed E-state index contributed by atoms with van der Waals surface area (Å²) in [6.07, 6.45) is 1.19. The Bertz CT molecular complexity index is 253. The molecule has 1 aromatic rings. The lowest BCUT2D eigenvalue weighted by molar-refractivity contribution is 0.560. The van der Waals surface area contributed by atoms with Crippen LogP contribution in [0, 0.1) is 0 Å². The van der Waals surface area contributed by atoms with Crippen molar-refractivity contribution in [2.24, 2.45) is 0 Å². The lowest BCUT2D eigenvalue weighted by Crippen LogP contribution is -2.28. The molecule has 0 aromatic heterocycles. The largest absolute Gasteiger partial charge is 0.313 e. The van der Waals surface area contributed by atoms with Crippen LogP contribution in [-0.2, 0) is 0 Å². The van der Waals surface area contributed by atoms with E-state index in [0.29, 0.717) is 6.04 Å². The molecule has 0 saturated carbocycles. The molecule has 3 heteroatoms. The number of rotatable bonds is 7. The van der Waals surface area contributed by atoms with Crippen LogP contribution in [0.5, 0.6) is 0 Å². The normalized spacial score (nSPS) is 12.7. The summed E-state index contributed by atoms with van der Waals surface area (Å²) in [7, 11) is 0. The van der Waals surface area contributed by atoms with Crippen molar-refractivity contribution >= 4 is 27.7 Å². The summed E-state index contributed by atoms with van der Waals surface area (Å²) in [6, 6.07) is 11.2. The molecule has 84 valence electrons. The summed E-state index contributed by atoms with van der Waals surface area (Å²) in [4.78, 5) is 1.35. The van der Waals surface area contributed by atoms with Crippen molar-refractivity contribution in [2.45, 2.75) is 24.3 Å². The van der Waals surface area contributed by atoms with Crippen LogP contribution in [0.3, 0.4) is 0 Å². The van der Waals surface area contributed by atoms with Gasteiger partial charge in [0.15, 0.2) is 0 Å². The number of halogens is 1. The molecule has 1 rings (SSSR count). The highest BCUT2D eigenvalue weighted by Crippen LogP contribution is 2.15. The highest BCUT2D eigenvalue weighted by molar-refractivity contribution is 9.09. The van der Waals surface area contributed by atoms with Crippen molar-refractivity contribution in [1.82, 2.24) is 5.32 Å². The SMILES string of the molecule is CC(CCBr)NCCSc1ccccc1. The molecular formula is C12H18BrNS. The van der Waals surface area contributed by atoms with Gasteiger partial charge in [-0.3, -0.25) is 0 Å². The van der Waals surface area contributed by atoms with E-state index in [2.05, 4.69) is 58.5 Å². The number of alkyl halides is 1. The Hall–Kier alpha value is 0.0100. The van der Waals surface area contributed by atoms with Gasteiger partial charge in [0.1, 0.15) is 0 Å². The molecule has 1 atom stereocenters. The van der Waals surface area contributed by atoms with Gasteiger partial charge in [0.25, 0.3) is 0 Å². The van der Waals surface area contributed by atoms with Crippen LogP contribution in [0.15, 0.2) is 35.2 Å². The molecule has 0 spiro atoms. The second-order valence-corrected chi connectivity index (χ2v) is 5.46. The third kappa shape index (κ3) is 6.23. The highest BCUT2D eigenvalue weighted by Gasteiger charge is 1.99. The van der Waals surface area contributed by atoms with Crippen molar-refractivity contribution in [3.63, 3.8) is 0 Å². The monoisotopic (exact) mass is 287 g/mol. The van der Waals surface area contributed by atoms with Gasteiger partial charge in [-0.1, -0.05) is 34.1 Å². The maximum atomic E-state index is 3.50. The lowest BCUT2D eigenvalue weighted by atomic mass is 10.3. The quantitative estimate of drug-likeness (QED) is 0.468. The smallest absolute Gasteiger partial charge is 0.0106 e. The second kappa shape index (κ2) is 8.20. The van der Waals surface area contributed by atoms with Gasteiger partial charge in [-0.05, 0) is 25.5 Å². The minimum Gasteiger partial charge on any atom is -0.313 e. The molecule has 0 aliphatic rings. The van der Waals surface area contributed by atoms with E-state index in [9.17, 15) is 0 Å². The van der Waals surface area contributed by atoms with Gasteiger partial charge in [-0.15, -0.1) is 11.8 Å². The average Bonchev–Trinajstić information content (AvgIpc) is 2.26. The van der Waals surface area contributed by atoms with E-state index >= 15 is 0 Å². The van der Waals surface area contributed by atoms with E-state index in [0.717, 1.165) is 17.6 Å². The minimum absolute atomic E-state index is 0.612. The molecule has 0 fully saturated rings. The molecule has 1 unspecified atom stereocenters. The van der Waals surface area contributed by atoms with E-state index < -0.39 is 0 Å². The molecule has 1 N–H and O–H groups in total. The summed E-state index contributed by atoms with van der Waals surface area (Å²) in [6.45, 7) is 3.31. The predicted molar refractivity (Wildman–Crippen MR) is 73.0 cm³/mol. The molecule has 1 aromatic carbocycles. The number of benzene rings is 1. The van der Waals surface area contributed by atoms with Crippen molar-refractivity contribution < 1.29 is 0 Å². The molecule has 0 amide bonds. The molecule has 0 aliphatic carbocycles. The van der Waals surface area contributed by atoms with Gasteiger partial charge < -0.3 is 5.32 Å². The fourth-order valence-corrected chi connectivity index (χ4v) is 2.75. The van der Waals surface area contributed by atoms with Crippen LogP contribution in [-0.4, -0.2) is 23.7 Å². The first kappa shape index (κ1) is 13.1. The molecule has 0 saturated heterocycles. The number of thioether (sulfide) groups is 1. The summed E-state index contributed by atoms with van der Waals surface area (Å²) in [5, 5.41) is 4.58. The van der Waals surface area contributed by atoms with E-state index in [1.165, 1.54) is 11.3 Å². The number of hydrogen-bond acceptors (Lipinski definition) is 2. The molecule has 0 radical (unpaired) electrons. The van der Waals surface area contributed by atoms with E-state index in [4.69, 9.17) is 0 Å². The van der Waals surface area contributed by atoms with Gasteiger partial charge in [0.2, 0.25) is 0 Å². The average molecular weight is 288 g/mol. The first-order chi connectivity index (χ1) is 7.33. The summed E-state index contributed by atoms with van der Waals surface area (Å²) < 4.78 is 0. The maximum absolute atomic E-state index is 3.50. The highest BCUT2D eigenvalue weighted by atomic mass is 79.9. The van der Waals surface area contributed by atoms with Crippen molar-refractivity contribution in [3.05, 3.63) is 30.3 Å². The van der Waals surface area contributed by atoms with Crippen molar-refractivity contribution in [1.29, 1.82) is 0 Å². The lowest BCUT2D eigenvalue weighted by Gasteiger charge is -2.11. The summed E-state index contributed by atoms with van der Waals surface area (Å²) in [5.41, 5.74) is 0. The van der Waals surface area contributed by atoms with Crippen molar-refractivity contribution in [2.75, 3.05) is 17.6 Å². The van der Waals surface area contributed by atoms with E-state index in [1.807, 2.05) is 11.8 Å². The summed E-state index contributed by atoms with van der Waals surface area (Å²) >= 11 is 5.36. The fraction of sp³-hybridized carbons (Fsp3) is 0.500. The standard InChI is InChI=1S/C12H18BrNS/c1-11(7-8-13)14-9-10-15-12-5-3-2-4-6-12/h2-6,11,14H,7-10H2,1H3. The Balaban J connectivity index is 2.07. The summed E-state index contributed by atoms with van der Waals surface area (Å²) in [5.74, 6) is 1.14. The van der Waals surface area contributed by atoms with Crippen LogP contribution in [0.25, 0.3) is 0 Å². The third-order valence-corrected chi connectivity index (χ3v) is 3.62. The Labute approximate surface area is 105 Å². The van der Waals surface area contributed by atoms with Crippen LogP contribution >= 0.6 is 27.7 Å². The molecule has 0 heterocycles. The zero-order valence-electron chi connectivity index (χ0n) is 9.08. The molecule has 0 aliphatic heterocycles. The maximum Gasteiger partial charge on any atom is 0.0106 e. The fourth-order valence-electron chi connectivity index (χ4n) is 1.26. The van der Waals surface area contributed by atoms with Gasteiger partial charge >= 0.3 is 0 Å². The van der Waals surface area contributed by atoms with Crippen LogP contribution in [0.4, 0.5) is 0 Å². The van der Waals surface area contributed by atoms with Gasteiger partial charge in [-0.2, -0.15) is 0 Å². The van der Waals surface area contributed by atoms with Crippen LogP contribution in [0.2, 0.25) is 0 Å². The van der Waals surface area contributed by atoms with Gasteiger partial charge in [0, 0.05) is 28.6 Å². The van der Waals surface area contributed by atoms with E-state index in [-0.39, 0.29) is 0 Å². The van der Waals surface area contributed by atoms with Crippen molar-refractivity contribution in [3.8, 4) is 0 Å². The zero-order valence-corrected chi connectivity index (χ0v) is 11.5. The Kier molecular flexibility index (Phi) is 7.14. The Morgan fingerprint density at radius 3 is 2.73 bits per heavy atom. The van der Waals surface area contributed by atoms with Crippen LogP contribution in [0.1, 0.15) is 13.3 Å². The topological polar surface area (TPSA) is 12.0 Å². The minimum atomic E-state index is 0.612. The number of nitrogens with one attached hydrogen (secondary N) is 1. The Morgan fingerprint density at radius 1 is 1.33 bits per heavy atom. The second-order valence-electron chi connectivity index (χ2n) is 3.49. The molecule has 1 nitrogen and oxygen atoms in total. The first-order valence-electron chi connectivity index (χ1n) is 5.30. The zero-order chi connectivity index (χ0) is 10.9. The molecule has 15 heavy (non-hydrogen) atoms. The molecular weight excluding hydrogens is 270 g/mol. The number of hydrogen-bond donors (Lipinski definition) is 1. The van der Waals surface area contributed by atoms with E-state index in [1.54, 1.807) is 0 Å². The molecule has 0 bridgehead atoms. The first-order valence-corrected chi connectivity index (χ1v) is 7.41. The van der Waals surface area contributed by atoms with Crippen LogP contribution < -0.4 is 5.32 Å². The van der Waals surface area contributed by atoms with Gasteiger partial charge in [0.05, 0.1) is 0 Å². The Morgan fingerprint density at radius 2 is 2.07 bits per heavy atom. The van der Waals surface area contributed by atoms with Gasteiger partial charge in [-0.25, -0.2) is 0 Å².